The van der Waals surface area contributed by atoms with Crippen molar-refractivity contribution in [1.29, 1.82) is 0 Å². The Kier molecular flexibility index (Phi) is 10.7. The number of piperidine rings is 1. The molecule has 4 saturated carbocycles. The van der Waals surface area contributed by atoms with E-state index in [9.17, 15) is 35.4 Å². The highest BCUT2D eigenvalue weighted by molar-refractivity contribution is 5.95. The van der Waals surface area contributed by atoms with Gasteiger partial charge in [-0.3, -0.25) is 4.79 Å². The largest absolute Gasteiger partial charge is 0.396 e. The summed E-state index contributed by atoms with van der Waals surface area (Å²) in [7, 11) is 0. The standard InChI is InChI=1S/C44H70N2O8/c1-4-5-25-6-11-29-24(2)39(54-35(29)12-7-25)40(51)41(3,52)36-14-15-44(53)31-19-32(48)30-18-33(49)34(50)22-42(30)20-26(28-10-13-37(45)46-23-28)8-9-27(38(31)42)21-43(36,44)16-17-47/h8-9,19,24-30,33-40,46-47,49-53H,4-7,10-18,20-23,45H2,1-3H3/t24-,25+,26+,27-,28?,29+,30-,33+,34-,35+,36-,37?,38-,39+,40+,41+,42-,43+,44-/m0/s1. The second-order valence-corrected chi connectivity index (χ2v) is 20.0. The summed E-state index contributed by atoms with van der Waals surface area (Å²) in [5.74, 6) is -0.0149. The van der Waals surface area contributed by atoms with Crippen LogP contribution in [0.25, 0.3) is 0 Å². The highest BCUT2D eigenvalue weighted by Gasteiger charge is 2.73. The summed E-state index contributed by atoms with van der Waals surface area (Å²) < 4.78 is 6.73. The maximum Gasteiger partial charge on any atom is 0.159 e. The molecule has 2 aliphatic heterocycles. The van der Waals surface area contributed by atoms with Crippen LogP contribution in [0.4, 0.5) is 0 Å². The fraction of sp³-hybridized carbons (Fsp3) is 0.886. The molecule has 0 amide bonds. The molecule has 2 saturated heterocycles. The van der Waals surface area contributed by atoms with Gasteiger partial charge in [0.2, 0.25) is 0 Å². The maximum atomic E-state index is 14.5. The summed E-state index contributed by atoms with van der Waals surface area (Å²) in [6, 6.07) is 0. The fourth-order valence-electron chi connectivity index (χ4n) is 14.9. The number of ether oxygens (including phenoxy) is 1. The van der Waals surface area contributed by atoms with Gasteiger partial charge in [0.1, 0.15) is 6.10 Å². The highest BCUT2D eigenvalue weighted by Crippen LogP contribution is 2.73. The van der Waals surface area contributed by atoms with Crippen molar-refractivity contribution in [2.24, 2.45) is 69.8 Å². The molecule has 8 rings (SSSR count). The molecule has 0 aromatic rings. The number of ketones is 1. The molecule has 0 aromatic heterocycles. The Balaban J connectivity index is 1.16. The predicted molar refractivity (Wildman–Crippen MR) is 204 cm³/mol. The number of carbonyl (C=O) groups is 1. The molecule has 0 aromatic carbocycles. The second-order valence-electron chi connectivity index (χ2n) is 20.0. The summed E-state index contributed by atoms with van der Waals surface area (Å²) in [4.78, 5) is 14.5. The van der Waals surface area contributed by atoms with Gasteiger partial charge < -0.3 is 46.4 Å². The quantitative estimate of drug-likeness (QED) is 0.170. The molecule has 1 spiro atoms. The smallest absolute Gasteiger partial charge is 0.159 e. The zero-order valence-electron chi connectivity index (χ0n) is 33.0. The normalized spacial score (nSPS) is 51.8. The Morgan fingerprint density at radius 3 is 2.52 bits per heavy atom. The van der Waals surface area contributed by atoms with Crippen LogP contribution in [-0.4, -0.2) is 97.5 Å². The first-order chi connectivity index (χ1) is 25.7. The summed E-state index contributed by atoms with van der Waals surface area (Å²) in [6.45, 7) is 6.69. The molecule has 2 heterocycles. The molecule has 2 unspecified atom stereocenters. The Bertz CT molecular complexity index is 1460. The molecule has 8 aliphatic rings. The van der Waals surface area contributed by atoms with Crippen LogP contribution in [0.3, 0.4) is 0 Å². The van der Waals surface area contributed by atoms with Gasteiger partial charge in [-0.25, -0.2) is 0 Å². The number of nitrogens with one attached hydrogen (secondary N) is 1. The lowest BCUT2D eigenvalue weighted by atomic mass is 9.41. The zero-order chi connectivity index (χ0) is 38.4. The van der Waals surface area contributed by atoms with Crippen LogP contribution in [0, 0.1) is 64.1 Å². The van der Waals surface area contributed by atoms with Crippen molar-refractivity contribution in [3.05, 3.63) is 23.8 Å². The van der Waals surface area contributed by atoms with Crippen molar-refractivity contribution in [1.82, 2.24) is 5.32 Å². The summed E-state index contributed by atoms with van der Waals surface area (Å²) in [6.07, 6.45) is 13.7. The number of fused-ring (bicyclic) bond motifs is 3. The van der Waals surface area contributed by atoms with E-state index in [1.54, 1.807) is 13.0 Å². The highest BCUT2D eigenvalue weighted by atomic mass is 16.5. The van der Waals surface area contributed by atoms with E-state index in [4.69, 9.17) is 10.5 Å². The molecule has 6 fully saturated rings. The number of carbonyl (C=O) groups excluding carboxylic acids is 1. The third kappa shape index (κ3) is 6.01. The summed E-state index contributed by atoms with van der Waals surface area (Å²) in [5.41, 5.74) is 2.06. The van der Waals surface area contributed by atoms with Crippen LogP contribution >= 0.6 is 0 Å². The van der Waals surface area contributed by atoms with Gasteiger partial charge in [-0.1, -0.05) is 45.3 Å². The van der Waals surface area contributed by atoms with Gasteiger partial charge in [0.05, 0.1) is 41.8 Å². The number of nitrogens with two attached hydrogens (primary N) is 1. The van der Waals surface area contributed by atoms with Gasteiger partial charge in [-0.05, 0) is 155 Å². The van der Waals surface area contributed by atoms with Gasteiger partial charge >= 0.3 is 0 Å². The van der Waals surface area contributed by atoms with Crippen LogP contribution in [0.15, 0.2) is 23.8 Å². The van der Waals surface area contributed by atoms with Crippen LogP contribution in [0.1, 0.15) is 117 Å². The third-order valence-electron chi connectivity index (χ3n) is 17.5. The Labute approximate surface area is 322 Å². The monoisotopic (exact) mass is 755 g/mol. The molecule has 54 heavy (non-hydrogen) atoms. The van der Waals surface area contributed by atoms with Crippen LogP contribution in [-0.2, 0) is 9.53 Å². The molecule has 19 atom stereocenters. The predicted octanol–water partition coefficient (Wildman–Crippen LogP) is 3.74. The molecule has 6 aliphatic carbocycles. The lowest BCUT2D eigenvalue weighted by Crippen LogP contribution is -2.67. The van der Waals surface area contributed by atoms with Crippen LogP contribution < -0.4 is 11.1 Å². The Morgan fingerprint density at radius 1 is 1.04 bits per heavy atom. The zero-order valence-corrected chi connectivity index (χ0v) is 33.0. The summed E-state index contributed by atoms with van der Waals surface area (Å²) >= 11 is 0. The molecular weight excluding hydrogens is 684 g/mol. The van der Waals surface area contributed by atoms with E-state index < -0.39 is 58.3 Å². The van der Waals surface area contributed by atoms with E-state index in [1.165, 1.54) is 19.3 Å². The topological polar surface area (TPSA) is 186 Å². The minimum atomic E-state index is -1.65. The average Bonchev–Trinajstić information content (AvgIpc) is 3.44. The first-order valence-electron chi connectivity index (χ1n) is 21.9. The number of aliphatic hydroxyl groups is 6. The van der Waals surface area contributed by atoms with Gasteiger partial charge in [0.25, 0.3) is 0 Å². The van der Waals surface area contributed by atoms with Crippen molar-refractivity contribution >= 4 is 5.78 Å². The number of allylic oxidation sites excluding steroid dienone is 3. The number of hydrogen-bond acceptors (Lipinski definition) is 10. The Morgan fingerprint density at radius 2 is 1.80 bits per heavy atom. The number of hydrogen-bond donors (Lipinski definition) is 8. The van der Waals surface area contributed by atoms with E-state index in [0.29, 0.717) is 43.1 Å². The molecular formula is C44H70N2O8. The fourth-order valence-corrected chi connectivity index (χ4v) is 14.9. The molecule has 10 heteroatoms. The van der Waals surface area contributed by atoms with E-state index >= 15 is 0 Å². The van der Waals surface area contributed by atoms with E-state index in [-0.39, 0.29) is 67.6 Å². The Hall–Kier alpha value is -1.21. The average molecular weight is 755 g/mol. The van der Waals surface area contributed by atoms with Crippen LogP contribution in [0.5, 0.6) is 0 Å². The van der Waals surface area contributed by atoms with Gasteiger partial charge in [-0.2, -0.15) is 0 Å². The van der Waals surface area contributed by atoms with E-state index in [0.717, 1.165) is 44.6 Å². The first kappa shape index (κ1) is 39.6. The minimum Gasteiger partial charge on any atom is -0.396 e. The van der Waals surface area contributed by atoms with Crippen molar-refractivity contribution in [2.75, 3.05) is 13.2 Å². The van der Waals surface area contributed by atoms with Crippen molar-refractivity contribution in [3.8, 4) is 0 Å². The van der Waals surface area contributed by atoms with Gasteiger partial charge in [-0.15, -0.1) is 0 Å². The molecule has 0 bridgehead atoms. The lowest BCUT2D eigenvalue weighted by Gasteiger charge is -2.64. The number of aliphatic hydroxyl groups excluding tert-OH is 4. The van der Waals surface area contributed by atoms with E-state index in [2.05, 4.69) is 31.3 Å². The van der Waals surface area contributed by atoms with Gasteiger partial charge in [0.15, 0.2) is 5.78 Å². The lowest BCUT2D eigenvalue weighted by molar-refractivity contribution is -0.211. The van der Waals surface area contributed by atoms with Gasteiger partial charge in [0, 0.05) is 17.9 Å². The minimum absolute atomic E-state index is 0.0432. The van der Waals surface area contributed by atoms with E-state index in [1.807, 2.05) is 0 Å². The molecule has 9 N–H and O–H groups in total. The van der Waals surface area contributed by atoms with Crippen LogP contribution in [0.2, 0.25) is 0 Å². The second kappa shape index (κ2) is 14.6. The van der Waals surface area contributed by atoms with Crippen molar-refractivity contribution < 1.29 is 40.2 Å². The van der Waals surface area contributed by atoms with Crippen molar-refractivity contribution in [2.45, 2.75) is 165 Å². The SMILES string of the molecule is CCC[C@@H]1CC[C@@H]2[C@H](C)[C@H]([C@@H](O)[C@](C)(O)[C@@H]3CC[C@]4(O)C5=CC(=O)[C@@H]6C[C@@H](O)[C@@H](O)C[C@@]67C[C@H](C6CCC(N)NC6)C=C[C@@H](C[C@]34CCO)[C@@H]57)O[C@@H]2CC1. The summed E-state index contributed by atoms with van der Waals surface area (Å²) in [5, 5.41) is 75.2. The van der Waals surface area contributed by atoms with Crippen molar-refractivity contribution in [3.63, 3.8) is 0 Å². The maximum absolute atomic E-state index is 14.5. The molecule has 304 valence electrons. The third-order valence-corrected chi connectivity index (χ3v) is 17.5. The first-order valence-corrected chi connectivity index (χ1v) is 21.9. The molecule has 0 radical (unpaired) electrons. The number of rotatable bonds is 8. The molecule has 10 nitrogen and oxygen atoms in total.